The Balaban J connectivity index is 0.000000437. The van der Waals surface area contributed by atoms with E-state index in [1.165, 1.54) is 38.5 Å². The van der Waals surface area contributed by atoms with E-state index in [2.05, 4.69) is 19.2 Å². The quantitative estimate of drug-likeness (QED) is 0.814. The normalized spacial score (nSPS) is 20.1. The third-order valence-electron chi connectivity index (χ3n) is 3.07. The van der Waals surface area contributed by atoms with Gasteiger partial charge >= 0.3 is 6.09 Å². The molecule has 2 rings (SSSR count). The maximum Gasteiger partial charge on any atom is 0.407 e. The fraction of sp³-hybridized carbons (Fsp3) is 0.929. The van der Waals surface area contributed by atoms with Crippen LogP contribution in [0.25, 0.3) is 0 Å². The molecule has 3 nitrogen and oxygen atoms in total. The van der Waals surface area contributed by atoms with Crippen LogP contribution < -0.4 is 5.32 Å². The van der Waals surface area contributed by atoms with Crippen molar-refractivity contribution in [1.82, 2.24) is 5.32 Å². The maximum atomic E-state index is 11.3. The molecule has 17 heavy (non-hydrogen) atoms. The van der Waals surface area contributed by atoms with Crippen LogP contribution in [0.2, 0.25) is 0 Å². The average Bonchev–Trinajstić information content (AvgIpc) is 3.13. The zero-order valence-electron chi connectivity index (χ0n) is 11.3. The van der Waals surface area contributed by atoms with Crippen LogP contribution in [0, 0.1) is 5.92 Å². The van der Waals surface area contributed by atoms with Gasteiger partial charge in [0.05, 0.1) is 6.61 Å². The predicted octanol–water partition coefficient (Wildman–Crippen LogP) is 3.87. The highest BCUT2D eigenvalue weighted by atomic mass is 16.5. The molecule has 0 atom stereocenters. The Labute approximate surface area is 105 Å². The van der Waals surface area contributed by atoms with Gasteiger partial charge in [0.1, 0.15) is 0 Å². The van der Waals surface area contributed by atoms with E-state index in [0.717, 1.165) is 12.8 Å². The van der Waals surface area contributed by atoms with Gasteiger partial charge in [0, 0.05) is 6.04 Å². The molecule has 2 aliphatic carbocycles. The molecule has 0 radical (unpaired) electrons. The predicted molar refractivity (Wildman–Crippen MR) is 70.0 cm³/mol. The molecule has 0 heterocycles. The van der Waals surface area contributed by atoms with E-state index in [0.29, 0.717) is 18.6 Å². The van der Waals surface area contributed by atoms with E-state index >= 15 is 0 Å². The van der Waals surface area contributed by atoms with Crippen molar-refractivity contribution in [2.24, 2.45) is 5.92 Å². The van der Waals surface area contributed by atoms with Crippen LogP contribution in [-0.2, 0) is 4.74 Å². The maximum absolute atomic E-state index is 11.3. The summed E-state index contributed by atoms with van der Waals surface area (Å²) in [7, 11) is 0. The third-order valence-corrected chi connectivity index (χ3v) is 3.07. The van der Waals surface area contributed by atoms with Gasteiger partial charge in [0.25, 0.3) is 0 Å². The van der Waals surface area contributed by atoms with Gasteiger partial charge in [-0.2, -0.15) is 0 Å². The minimum atomic E-state index is -0.205. The van der Waals surface area contributed by atoms with Crippen molar-refractivity contribution in [1.29, 1.82) is 0 Å². The molecule has 0 unspecified atom stereocenters. The summed E-state index contributed by atoms with van der Waals surface area (Å²) in [5, 5.41) is 2.94. The average molecular weight is 241 g/mol. The first-order valence-electron chi connectivity index (χ1n) is 7.19. The van der Waals surface area contributed by atoms with E-state index in [1.807, 2.05) is 0 Å². The minimum Gasteiger partial charge on any atom is -0.449 e. The molecule has 2 aliphatic rings. The SMILES string of the molecule is CCC.O=C(NC1CCCCC1)OCC1CC1. The number of alkyl carbamates (subject to hydrolysis) is 1. The highest BCUT2D eigenvalue weighted by Gasteiger charge is 2.23. The topological polar surface area (TPSA) is 38.3 Å². The molecule has 0 aromatic heterocycles. The van der Waals surface area contributed by atoms with Gasteiger partial charge in [-0.05, 0) is 31.6 Å². The summed E-state index contributed by atoms with van der Waals surface area (Å²) in [5.74, 6) is 0.659. The summed E-state index contributed by atoms with van der Waals surface area (Å²) < 4.78 is 5.12. The summed E-state index contributed by atoms with van der Waals surface area (Å²) in [4.78, 5) is 11.3. The Bertz CT molecular complexity index is 208. The molecule has 1 N–H and O–H groups in total. The molecule has 2 saturated carbocycles. The van der Waals surface area contributed by atoms with Crippen LogP contribution in [0.4, 0.5) is 4.79 Å². The zero-order valence-corrected chi connectivity index (χ0v) is 11.3. The lowest BCUT2D eigenvalue weighted by molar-refractivity contribution is 0.134. The molecule has 100 valence electrons. The first kappa shape index (κ1) is 14.3. The van der Waals surface area contributed by atoms with Gasteiger partial charge in [-0.1, -0.05) is 39.5 Å². The second-order valence-corrected chi connectivity index (χ2v) is 5.23. The molecule has 0 bridgehead atoms. The van der Waals surface area contributed by atoms with Gasteiger partial charge in [-0.15, -0.1) is 0 Å². The van der Waals surface area contributed by atoms with Crippen molar-refractivity contribution in [2.45, 2.75) is 71.3 Å². The van der Waals surface area contributed by atoms with Crippen molar-refractivity contribution in [2.75, 3.05) is 6.61 Å². The second kappa shape index (κ2) is 8.37. The van der Waals surface area contributed by atoms with Gasteiger partial charge in [-0.3, -0.25) is 0 Å². The van der Waals surface area contributed by atoms with Gasteiger partial charge in [0.15, 0.2) is 0 Å². The van der Waals surface area contributed by atoms with Crippen molar-refractivity contribution >= 4 is 6.09 Å². The standard InChI is InChI=1S/C11H19NO2.C3H8/c13-11(14-8-9-6-7-9)12-10-4-2-1-3-5-10;1-3-2/h9-10H,1-8H2,(H,12,13);3H2,1-2H3. The van der Waals surface area contributed by atoms with Crippen molar-refractivity contribution in [3.63, 3.8) is 0 Å². The molecule has 0 spiro atoms. The Morgan fingerprint density at radius 2 is 1.71 bits per heavy atom. The molecule has 3 heteroatoms. The van der Waals surface area contributed by atoms with Crippen LogP contribution in [0.3, 0.4) is 0 Å². The summed E-state index contributed by atoms with van der Waals surface area (Å²) in [6.07, 6.45) is 9.56. The van der Waals surface area contributed by atoms with Crippen molar-refractivity contribution in [3.05, 3.63) is 0 Å². The van der Waals surface area contributed by atoms with E-state index in [1.54, 1.807) is 0 Å². The number of hydrogen-bond donors (Lipinski definition) is 1. The van der Waals surface area contributed by atoms with Crippen LogP contribution in [-0.4, -0.2) is 18.7 Å². The number of hydrogen-bond acceptors (Lipinski definition) is 2. The van der Waals surface area contributed by atoms with Gasteiger partial charge in [0.2, 0.25) is 0 Å². The molecule has 0 aromatic rings. The summed E-state index contributed by atoms with van der Waals surface area (Å²) in [6.45, 7) is 4.87. The van der Waals surface area contributed by atoms with Gasteiger partial charge in [-0.25, -0.2) is 4.79 Å². The number of rotatable bonds is 3. The molecule has 0 aliphatic heterocycles. The number of carbonyl (C=O) groups excluding carboxylic acids is 1. The van der Waals surface area contributed by atoms with Crippen molar-refractivity contribution in [3.8, 4) is 0 Å². The number of amides is 1. The summed E-state index contributed by atoms with van der Waals surface area (Å²) >= 11 is 0. The number of nitrogens with one attached hydrogen (secondary N) is 1. The Morgan fingerprint density at radius 1 is 1.12 bits per heavy atom. The van der Waals surface area contributed by atoms with E-state index < -0.39 is 0 Å². The van der Waals surface area contributed by atoms with Crippen LogP contribution in [0.1, 0.15) is 65.2 Å². The highest BCUT2D eigenvalue weighted by molar-refractivity contribution is 5.67. The zero-order chi connectivity index (χ0) is 12.5. The van der Waals surface area contributed by atoms with Gasteiger partial charge < -0.3 is 10.1 Å². The third kappa shape index (κ3) is 7.24. The lowest BCUT2D eigenvalue weighted by Gasteiger charge is -2.22. The lowest BCUT2D eigenvalue weighted by Crippen LogP contribution is -2.36. The minimum absolute atomic E-state index is 0.205. The van der Waals surface area contributed by atoms with Crippen LogP contribution in [0.5, 0.6) is 0 Å². The highest BCUT2D eigenvalue weighted by Crippen LogP contribution is 2.28. The Kier molecular flexibility index (Phi) is 7.06. The molecule has 2 fully saturated rings. The Hall–Kier alpha value is -0.730. The van der Waals surface area contributed by atoms with E-state index in [-0.39, 0.29) is 6.09 Å². The molecule has 0 saturated heterocycles. The Morgan fingerprint density at radius 3 is 2.24 bits per heavy atom. The van der Waals surface area contributed by atoms with Crippen LogP contribution in [0.15, 0.2) is 0 Å². The molecule has 1 amide bonds. The van der Waals surface area contributed by atoms with Crippen molar-refractivity contribution < 1.29 is 9.53 Å². The first-order valence-corrected chi connectivity index (χ1v) is 7.19. The number of carbonyl (C=O) groups is 1. The fourth-order valence-electron chi connectivity index (χ4n) is 1.93. The monoisotopic (exact) mass is 241 g/mol. The summed E-state index contributed by atoms with van der Waals surface area (Å²) in [5.41, 5.74) is 0. The first-order chi connectivity index (χ1) is 8.26. The summed E-state index contributed by atoms with van der Waals surface area (Å²) in [6, 6.07) is 0.371. The molecular weight excluding hydrogens is 214 g/mol. The van der Waals surface area contributed by atoms with Crippen LogP contribution >= 0.6 is 0 Å². The smallest absolute Gasteiger partial charge is 0.407 e. The molecular formula is C14H27NO2. The largest absolute Gasteiger partial charge is 0.449 e. The fourth-order valence-corrected chi connectivity index (χ4v) is 1.93. The lowest BCUT2D eigenvalue weighted by atomic mass is 9.96. The van der Waals surface area contributed by atoms with E-state index in [9.17, 15) is 4.79 Å². The second-order valence-electron chi connectivity index (χ2n) is 5.23. The van der Waals surface area contributed by atoms with E-state index in [4.69, 9.17) is 4.74 Å². The molecule has 0 aromatic carbocycles. The number of ether oxygens (including phenoxy) is 1.